The average Bonchev–Trinajstić information content (AvgIpc) is 2.85. The zero-order chi connectivity index (χ0) is 13.0. The Balaban J connectivity index is 1.89. The van der Waals surface area contributed by atoms with Gasteiger partial charge in [0.05, 0.1) is 10.6 Å². The van der Waals surface area contributed by atoms with Crippen molar-refractivity contribution in [2.24, 2.45) is 0 Å². The molecule has 2 heterocycles. The van der Waals surface area contributed by atoms with Crippen LogP contribution in [0.5, 0.6) is 0 Å². The number of hydrogen-bond donors (Lipinski definition) is 1. The minimum Gasteiger partial charge on any atom is -0.352 e. The number of thiophene rings is 1. The van der Waals surface area contributed by atoms with Crippen molar-refractivity contribution in [2.45, 2.75) is 6.42 Å². The van der Waals surface area contributed by atoms with Gasteiger partial charge in [-0.2, -0.15) is 0 Å². The summed E-state index contributed by atoms with van der Waals surface area (Å²) in [5, 5.41) is 5.30. The van der Waals surface area contributed by atoms with Crippen molar-refractivity contribution in [1.82, 2.24) is 10.3 Å². The van der Waals surface area contributed by atoms with E-state index in [4.69, 9.17) is 23.2 Å². The van der Waals surface area contributed by atoms with E-state index in [-0.39, 0.29) is 16.1 Å². The van der Waals surface area contributed by atoms with Crippen LogP contribution in [0.4, 0.5) is 0 Å². The van der Waals surface area contributed by atoms with Crippen LogP contribution in [0.25, 0.3) is 0 Å². The number of carbonyl (C=O) groups excluding carboxylic acids is 1. The molecule has 1 amide bonds. The molecule has 0 saturated heterocycles. The number of aromatic nitrogens is 1. The number of pyridine rings is 1. The van der Waals surface area contributed by atoms with Gasteiger partial charge in [0.2, 0.25) is 0 Å². The van der Waals surface area contributed by atoms with Crippen molar-refractivity contribution in [3.63, 3.8) is 0 Å². The van der Waals surface area contributed by atoms with Crippen molar-refractivity contribution >= 4 is 40.4 Å². The lowest BCUT2D eigenvalue weighted by Crippen LogP contribution is -2.25. The van der Waals surface area contributed by atoms with Crippen LogP contribution in [-0.2, 0) is 6.42 Å². The van der Waals surface area contributed by atoms with Gasteiger partial charge in [-0.1, -0.05) is 29.3 Å². The van der Waals surface area contributed by atoms with Gasteiger partial charge < -0.3 is 5.32 Å². The first-order valence-corrected chi connectivity index (χ1v) is 6.92. The van der Waals surface area contributed by atoms with E-state index in [1.54, 1.807) is 11.3 Å². The maximum absolute atomic E-state index is 11.8. The number of halogens is 2. The summed E-state index contributed by atoms with van der Waals surface area (Å²) in [7, 11) is 0. The highest BCUT2D eigenvalue weighted by atomic mass is 35.5. The maximum atomic E-state index is 11.8. The van der Waals surface area contributed by atoms with Crippen LogP contribution in [-0.4, -0.2) is 17.4 Å². The highest BCUT2D eigenvalue weighted by molar-refractivity contribution is 7.09. The molecule has 0 aliphatic heterocycles. The zero-order valence-corrected chi connectivity index (χ0v) is 11.6. The fourth-order valence-electron chi connectivity index (χ4n) is 1.40. The van der Waals surface area contributed by atoms with Crippen LogP contribution < -0.4 is 5.32 Å². The summed E-state index contributed by atoms with van der Waals surface area (Å²) in [5.41, 5.74) is 0.413. The van der Waals surface area contributed by atoms with E-state index < -0.39 is 0 Å². The minimum atomic E-state index is -0.197. The second kappa shape index (κ2) is 6.18. The van der Waals surface area contributed by atoms with E-state index in [2.05, 4.69) is 10.3 Å². The topological polar surface area (TPSA) is 42.0 Å². The Morgan fingerprint density at radius 2 is 2.28 bits per heavy atom. The number of hydrogen-bond acceptors (Lipinski definition) is 3. The molecular formula is C12H10Cl2N2OS. The molecule has 0 saturated carbocycles. The molecule has 3 nitrogen and oxygen atoms in total. The van der Waals surface area contributed by atoms with Crippen LogP contribution in [0.2, 0.25) is 10.2 Å². The lowest BCUT2D eigenvalue weighted by molar-refractivity contribution is 0.0954. The van der Waals surface area contributed by atoms with Crippen LogP contribution in [0.1, 0.15) is 15.2 Å². The summed E-state index contributed by atoms with van der Waals surface area (Å²) in [6.45, 7) is 0.583. The van der Waals surface area contributed by atoms with Crippen molar-refractivity contribution in [1.29, 1.82) is 0 Å². The largest absolute Gasteiger partial charge is 0.352 e. The molecule has 6 heteroatoms. The van der Waals surface area contributed by atoms with E-state index in [9.17, 15) is 4.79 Å². The predicted octanol–water partition coefficient (Wildman–Crippen LogP) is 3.42. The van der Waals surface area contributed by atoms with Crippen LogP contribution in [0.15, 0.2) is 29.8 Å². The lowest BCUT2D eigenvalue weighted by atomic mass is 10.2. The fourth-order valence-corrected chi connectivity index (χ4v) is 2.38. The summed E-state index contributed by atoms with van der Waals surface area (Å²) >= 11 is 13.2. The fraction of sp³-hybridized carbons (Fsp3) is 0.167. The van der Waals surface area contributed by atoms with Crippen molar-refractivity contribution in [2.75, 3.05) is 6.54 Å². The standard InChI is InChI=1S/C12H10Cl2N2OS/c13-10-6-8(7-16-11(10)14)12(17)15-4-3-9-2-1-5-18-9/h1-2,5-7H,3-4H2,(H,15,17). The molecule has 1 N–H and O–H groups in total. The first-order valence-electron chi connectivity index (χ1n) is 5.28. The van der Waals surface area contributed by atoms with Crippen LogP contribution in [0.3, 0.4) is 0 Å². The molecule has 94 valence electrons. The molecule has 18 heavy (non-hydrogen) atoms. The SMILES string of the molecule is O=C(NCCc1cccs1)c1cnc(Cl)c(Cl)c1. The molecule has 0 aliphatic carbocycles. The van der Waals surface area contributed by atoms with E-state index in [1.165, 1.54) is 17.1 Å². The Kier molecular flexibility index (Phi) is 4.58. The molecular weight excluding hydrogens is 291 g/mol. The summed E-state index contributed by atoms with van der Waals surface area (Å²) in [6, 6.07) is 5.54. The van der Waals surface area contributed by atoms with Gasteiger partial charge in [0.25, 0.3) is 5.91 Å². The highest BCUT2D eigenvalue weighted by Gasteiger charge is 2.08. The molecule has 2 rings (SSSR count). The molecule has 0 bridgehead atoms. The monoisotopic (exact) mass is 300 g/mol. The number of amides is 1. The summed E-state index contributed by atoms with van der Waals surface area (Å²) < 4.78 is 0. The second-order valence-electron chi connectivity index (χ2n) is 3.58. The Labute approximate surface area is 119 Å². The van der Waals surface area contributed by atoms with E-state index in [0.29, 0.717) is 12.1 Å². The summed E-state index contributed by atoms with van der Waals surface area (Å²) in [5.74, 6) is -0.197. The van der Waals surface area contributed by atoms with E-state index in [0.717, 1.165) is 6.42 Å². The van der Waals surface area contributed by atoms with Crippen molar-refractivity contribution in [3.8, 4) is 0 Å². The number of nitrogens with zero attached hydrogens (tertiary/aromatic N) is 1. The molecule has 0 aromatic carbocycles. The Hall–Kier alpha value is -1.10. The molecule has 0 radical (unpaired) electrons. The second-order valence-corrected chi connectivity index (χ2v) is 5.38. The number of nitrogens with one attached hydrogen (secondary N) is 1. The third-order valence-corrected chi connectivity index (χ3v) is 3.92. The smallest absolute Gasteiger partial charge is 0.252 e. The molecule has 0 atom stereocenters. The van der Waals surface area contributed by atoms with Crippen LogP contribution >= 0.6 is 34.5 Å². The molecule has 2 aromatic rings. The first-order chi connectivity index (χ1) is 8.66. The Morgan fingerprint density at radius 1 is 1.44 bits per heavy atom. The molecule has 0 spiro atoms. The van der Waals surface area contributed by atoms with Gasteiger partial charge in [0, 0.05) is 17.6 Å². The molecule has 2 aromatic heterocycles. The Bertz CT molecular complexity index is 543. The van der Waals surface area contributed by atoms with Gasteiger partial charge in [-0.25, -0.2) is 4.98 Å². The third kappa shape index (κ3) is 3.45. The van der Waals surface area contributed by atoms with Gasteiger partial charge >= 0.3 is 0 Å². The maximum Gasteiger partial charge on any atom is 0.252 e. The van der Waals surface area contributed by atoms with E-state index >= 15 is 0 Å². The predicted molar refractivity (Wildman–Crippen MR) is 74.6 cm³/mol. The first kappa shape index (κ1) is 13.3. The Morgan fingerprint density at radius 3 is 2.94 bits per heavy atom. The van der Waals surface area contributed by atoms with Gasteiger partial charge in [-0.3, -0.25) is 4.79 Å². The quantitative estimate of drug-likeness (QED) is 0.879. The van der Waals surface area contributed by atoms with Crippen molar-refractivity contribution < 1.29 is 4.79 Å². The number of carbonyl (C=O) groups is 1. The molecule has 0 fully saturated rings. The van der Waals surface area contributed by atoms with Gasteiger partial charge in [-0.15, -0.1) is 11.3 Å². The normalized spacial score (nSPS) is 10.3. The highest BCUT2D eigenvalue weighted by Crippen LogP contribution is 2.19. The molecule has 0 aliphatic rings. The zero-order valence-electron chi connectivity index (χ0n) is 9.32. The van der Waals surface area contributed by atoms with Gasteiger partial charge in [0.1, 0.15) is 5.15 Å². The number of rotatable bonds is 4. The molecule has 0 unspecified atom stereocenters. The average molecular weight is 301 g/mol. The lowest BCUT2D eigenvalue weighted by Gasteiger charge is -2.04. The summed E-state index contributed by atoms with van der Waals surface area (Å²) in [4.78, 5) is 16.9. The van der Waals surface area contributed by atoms with Gasteiger partial charge in [0.15, 0.2) is 0 Å². The van der Waals surface area contributed by atoms with Gasteiger partial charge in [-0.05, 0) is 23.9 Å². The van der Waals surface area contributed by atoms with Crippen molar-refractivity contribution in [3.05, 3.63) is 50.4 Å². The summed E-state index contributed by atoms with van der Waals surface area (Å²) in [6.07, 6.45) is 2.23. The minimum absolute atomic E-state index is 0.197. The third-order valence-electron chi connectivity index (χ3n) is 2.30. The van der Waals surface area contributed by atoms with Crippen LogP contribution in [0, 0.1) is 0 Å². The van der Waals surface area contributed by atoms with E-state index in [1.807, 2.05) is 17.5 Å².